The lowest BCUT2D eigenvalue weighted by Crippen LogP contribution is -2.27. The number of halogens is 1. The average Bonchev–Trinajstić information content (AvgIpc) is 2.86. The van der Waals surface area contributed by atoms with Crippen LogP contribution in [0.1, 0.15) is 40.1 Å². The summed E-state index contributed by atoms with van der Waals surface area (Å²) in [5.41, 5.74) is 2.20. The van der Waals surface area contributed by atoms with E-state index in [4.69, 9.17) is 0 Å². The van der Waals surface area contributed by atoms with Gasteiger partial charge in [0, 0.05) is 17.7 Å². The van der Waals surface area contributed by atoms with Crippen molar-refractivity contribution in [3.63, 3.8) is 0 Å². The number of nitrogens with one attached hydrogen (secondary N) is 1. The van der Waals surface area contributed by atoms with Crippen LogP contribution in [0.2, 0.25) is 0 Å². The van der Waals surface area contributed by atoms with Gasteiger partial charge in [0.1, 0.15) is 5.82 Å². The maximum atomic E-state index is 14.0. The van der Waals surface area contributed by atoms with Gasteiger partial charge in [-0.25, -0.2) is 9.37 Å². The summed E-state index contributed by atoms with van der Waals surface area (Å²) in [6, 6.07) is 17.6. The standard InChI is InChI=1S/C28H26FN3O3S/c1-17(2)15-30-26(34)20-11-12-23-24(13-20)31-28(32(27(23)35)22-6-4-5-21(29)14-22)36-16-25(33)19-9-7-18(3)8-10-19/h4-14,17H,15-16H2,1-3H3,(H,30,34). The molecule has 1 N–H and O–H groups in total. The van der Waals surface area contributed by atoms with E-state index in [0.717, 1.165) is 17.3 Å². The summed E-state index contributed by atoms with van der Waals surface area (Å²) in [7, 11) is 0. The Hall–Kier alpha value is -3.78. The molecule has 4 aromatic rings. The van der Waals surface area contributed by atoms with Crippen LogP contribution in [0.3, 0.4) is 0 Å². The largest absolute Gasteiger partial charge is 0.352 e. The highest BCUT2D eigenvalue weighted by atomic mass is 32.2. The van der Waals surface area contributed by atoms with Gasteiger partial charge in [-0.1, -0.05) is 61.5 Å². The number of benzene rings is 3. The van der Waals surface area contributed by atoms with Gasteiger partial charge < -0.3 is 5.32 Å². The fourth-order valence-corrected chi connectivity index (χ4v) is 4.51. The van der Waals surface area contributed by atoms with Crippen molar-refractivity contribution in [1.82, 2.24) is 14.9 Å². The Morgan fingerprint density at radius 1 is 1.03 bits per heavy atom. The van der Waals surface area contributed by atoms with Crippen LogP contribution < -0.4 is 10.9 Å². The number of aryl methyl sites for hydroxylation is 1. The van der Waals surface area contributed by atoms with E-state index in [1.807, 2.05) is 32.9 Å². The van der Waals surface area contributed by atoms with Gasteiger partial charge in [0.05, 0.1) is 22.3 Å². The number of carbonyl (C=O) groups is 2. The molecule has 6 nitrogen and oxygen atoms in total. The number of thioether (sulfide) groups is 1. The normalized spacial score (nSPS) is 11.1. The van der Waals surface area contributed by atoms with E-state index >= 15 is 0 Å². The molecule has 0 fully saturated rings. The summed E-state index contributed by atoms with van der Waals surface area (Å²) in [5.74, 6) is -0.555. The molecule has 0 aliphatic heterocycles. The van der Waals surface area contributed by atoms with Gasteiger partial charge in [0.25, 0.3) is 11.5 Å². The molecule has 0 aliphatic carbocycles. The van der Waals surface area contributed by atoms with Crippen LogP contribution in [0.25, 0.3) is 16.6 Å². The predicted octanol–water partition coefficient (Wildman–Crippen LogP) is 5.19. The zero-order valence-corrected chi connectivity index (χ0v) is 21.1. The number of aromatic nitrogens is 2. The number of amides is 1. The minimum absolute atomic E-state index is 0.0326. The topological polar surface area (TPSA) is 81.1 Å². The van der Waals surface area contributed by atoms with Crippen LogP contribution in [-0.2, 0) is 0 Å². The molecule has 36 heavy (non-hydrogen) atoms. The maximum absolute atomic E-state index is 14.0. The van der Waals surface area contributed by atoms with E-state index in [-0.39, 0.29) is 28.0 Å². The number of hydrogen-bond donors (Lipinski definition) is 1. The van der Waals surface area contributed by atoms with E-state index in [1.165, 1.54) is 22.8 Å². The van der Waals surface area contributed by atoms with Gasteiger partial charge in [0.15, 0.2) is 10.9 Å². The zero-order valence-electron chi connectivity index (χ0n) is 20.2. The van der Waals surface area contributed by atoms with Crippen molar-refractivity contribution in [3.8, 4) is 5.69 Å². The number of ketones is 1. The molecule has 1 heterocycles. The first-order valence-corrected chi connectivity index (χ1v) is 12.5. The van der Waals surface area contributed by atoms with Crippen molar-refractivity contribution in [2.45, 2.75) is 25.9 Å². The fraction of sp³-hybridized carbons (Fsp3) is 0.214. The van der Waals surface area contributed by atoms with E-state index in [0.29, 0.717) is 34.8 Å². The number of fused-ring (bicyclic) bond motifs is 1. The van der Waals surface area contributed by atoms with Crippen LogP contribution >= 0.6 is 11.8 Å². The molecule has 0 bridgehead atoms. The molecule has 184 valence electrons. The van der Waals surface area contributed by atoms with Crippen LogP contribution in [0, 0.1) is 18.7 Å². The first kappa shape index (κ1) is 25.3. The average molecular weight is 504 g/mol. The Morgan fingerprint density at radius 3 is 2.44 bits per heavy atom. The molecule has 1 amide bonds. The van der Waals surface area contributed by atoms with Gasteiger partial charge in [0.2, 0.25) is 0 Å². The van der Waals surface area contributed by atoms with Gasteiger partial charge in [-0.3, -0.25) is 19.0 Å². The number of carbonyl (C=O) groups excluding carboxylic acids is 2. The molecule has 0 spiro atoms. The lowest BCUT2D eigenvalue weighted by molar-refractivity contribution is 0.0948. The minimum atomic E-state index is -0.497. The van der Waals surface area contributed by atoms with Crippen molar-refractivity contribution < 1.29 is 14.0 Å². The van der Waals surface area contributed by atoms with E-state index in [2.05, 4.69) is 10.3 Å². The highest BCUT2D eigenvalue weighted by molar-refractivity contribution is 7.99. The molecule has 1 aromatic heterocycles. The van der Waals surface area contributed by atoms with Crippen LogP contribution in [-0.4, -0.2) is 33.5 Å². The molecule has 8 heteroatoms. The maximum Gasteiger partial charge on any atom is 0.266 e. The minimum Gasteiger partial charge on any atom is -0.352 e. The molecule has 0 aliphatic rings. The first-order valence-electron chi connectivity index (χ1n) is 11.6. The number of hydrogen-bond acceptors (Lipinski definition) is 5. The second-order valence-corrected chi connectivity index (χ2v) is 9.87. The summed E-state index contributed by atoms with van der Waals surface area (Å²) in [5, 5.41) is 3.38. The van der Waals surface area contributed by atoms with Crippen molar-refractivity contribution in [1.29, 1.82) is 0 Å². The number of rotatable bonds is 8. The van der Waals surface area contributed by atoms with Crippen molar-refractivity contribution in [3.05, 3.63) is 99.6 Å². The quantitative estimate of drug-likeness (QED) is 0.203. The third kappa shape index (κ3) is 5.71. The lowest BCUT2D eigenvalue weighted by Gasteiger charge is -2.14. The molecule has 0 unspecified atom stereocenters. The highest BCUT2D eigenvalue weighted by Crippen LogP contribution is 2.23. The zero-order chi connectivity index (χ0) is 25.8. The summed E-state index contributed by atoms with van der Waals surface area (Å²) < 4.78 is 15.3. The molecule has 4 rings (SSSR count). The smallest absolute Gasteiger partial charge is 0.266 e. The third-order valence-corrected chi connectivity index (χ3v) is 6.48. The molecule has 3 aromatic carbocycles. The second-order valence-electron chi connectivity index (χ2n) is 8.93. The molecular weight excluding hydrogens is 477 g/mol. The number of Topliss-reactive ketones (excluding diaryl/α,β-unsaturated/α-hetero) is 1. The summed E-state index contributed by atoms with van der Waals surface area (Å²) in [6.45, 7) is 6.46. The van der Waals surface area contributed by atoms with E-state index in [9.17, 15) is 18.8 Å². The van der Waals surface area contributed by atoms with Crippen LogP contribution in [0.15, 0.2) is 76.7 Å². The number of nitrogens with zero attached hydrogens (tertiary/aromatic N) is 2. The fourth-order valence-electron chi connectivity index (χ4n) is 3.60. The van der Waals surface area contributed by atoms with Crippen molar-refractivity contribution in [2.75, 3.05) is 12.3 Å². The predicted molar refractivity (Wildman–Crippen MR) is 141 cm³/mol. The van der Waals surface area contributed by atoms with Gasteiger partial charge in [-0.2, -0.15) is 0 Å². The molecule has 0 saturated heterocycles. The Labute approximate surface area is 212 Å². The monoisotopic (exact) mass is 503 g/mol. The first-order chi connectivity index (χ1) is 17.2. The SMILES string of the molecule is Cc1ccc(C(=O)CSc2nc3cc(C(=O)NCC(C)C)ccc3c(=O)n2-c2cccc(F)c2)cc1. The second kappa shape index (κ2) is 10.9. The molecule has 0 atom stereocenters. The summed E-state index contributed by atoms with van der Waals surface area (Å²) >= 11 is 1.09. The lowest BCUT2D eigenvalue weighted by atomic mass is 10.1. The Morgan fingerprint density at radius 2 is 1.75 bits per heavy atom. The summed E-state index contributed by atoms with van der Waals surface area (Å²) in [6.07, 6.45) is 0. The highest BCUT2D eigenvalue weighted by Gasteiger charge is 2.17. The van der Waals surface area contributed by atoms with Gasteiger partial charge in [-0.15, -0.1) is 0 Å². The van der Waals surface area contributed by atoms with Crippen LogP contribution in [0.4, 0.5) is 4.39 Å². The van der Waals surface area contributed by atoms with E-state index in [1.54, 1.807) is 36.4 Å². The molecular formula is C28H26FN3O3S. The van der Waals surface area contributed by atoms with Gasteiger partial charge >= 0.3 is 0 Å². The third-order valence-electron chi connectivity index (χ3n) is 5.54. The van der Waals surface area contributed by atoms with Crippen LogP contribution in [0.5, 0.6) is 0 Å². The molecule has 0 radical (unpaired) electrons. The van der Waals surface area contributed by atoms with Crippen molar-refractivity contribution >= 4 is 34.4 Å². The molecule has 0 saturated carbocycles. The Balaban J connectivity index is 1.76. The Bertz CT molecular complexity index is 1500. The summed E-state index contributed by atoms with van der Waals surface area (Å²) in [4.78, 5) is 43.5. The van der Waals surface area contributed by atoms with E-state index < -0.39 is 11.4 Å². The van der Waals surface area contributed by atoms with Gasteiger partial charge in [-0.05, 0) is 49.2 Å². The van der Waals surface area contributed by atoms with Crippen molar-refractivity contribution in [2.24, 2.45) is 5.92 Å². The Kier molecular flexibility index (Phi) is 7.64.